The maximum absolute atomic E-state index is 14.7. The monoisotopic (exact) mass is 378 g/mol. The molecule has 1 aliphatic carbocycles. The Labute approximate surface area is 154 Å². The predicted molar refractivity (Wildman–Crippen MR) is 96.0 cm³/mol. The normalized spacial score (nSPS) is 13.7. The van der Waals surface area contributed by atoms with E-state index >= 15 is 0 Å². The minimum absolute atomic E-state index is 0.0263. The number of hydrogen-bond acceptors (Lipinski definition) is 4. The summed E-state index contributed by atoms with van der Waals surface area (Å²) in [6.45, 7) is 4.45. The van der Waals surface area contributed by atoms with Crippen molar-refractivity contribution < 1.29 is 23.1 Å². The standard InChI is InChI=1S/C19H20F2N2O4/c1-4-11-14(20)15(21)16(22-9(3)24)13-17(11)23(10-6-7-10)8-12(18(13)25)19(26)27-5-2/h8,10H,4-7H2,1-3H3,(H,22,24). The van der Waals surface area contributed by atoms with Crippen LogP contribution in [0.1, 0.15) is 55.6 Å². The van der Waals surface area contributed by atoms with Crippen molar-refractivity contribution in [1.82, 2.24) is 4.57 Å². The van der Waals surface area contributed by atoms with Gasteiger partial charge in [-0.2, -0.15) is 0 Å². The maximum atomic E-state index is 14.7. The number of pyridine rings is 1. The topological polar surface area (TPSA) is 77.4 Å². The van der Waals surface area contributed by atoms with Gasteiger partial charge in [-0.05, 0) is 26.2 Å². The number of benzene rings is 1. The predicted octanol–water partition coefficient (Wildman–Crippen LogP) is 3.31. The van der Waals surface area contributed by atoms with Crippen LogP contribution in [0.5, 0.6) is 0 Å². The van der Waals surface area contributed by atoms with Crippen LogP contribution in [-0.2, 0) is 16.0 Å². The summed E-state index contributed by atoms with van der Waals surface area (Å²) < 4.78 is 36.0. The summed E-state index contributed by atoms with van der Waals surface area (Å²) in [7, 11) is 0. The fraction of sp³-hybridized carbons (Fsp3) is 0.421. The Kier molecular flexibility index (Phi) is 4.99. The molecular formula is C19H20F2N2O4. The summed E-state index contributed by atoms with van der Waals surface area (Å²) in [6, 6.07) is -0.0263. The van der Waals surface area contributed by atoms with Crippen molar-refractivity contribution >= 4 is 28.5 Å². The minimum atomic E-state index is -1.31. The fourth-order valence-corrected chi connectivity index (χ4v) is 3.24. The van der Waals surface area contributed by atoms with Crippen molar-refractivity contribution in [1.29, 1.82) is 0 Å². The molecule has 144 valence electrons. The number of nitrogens with one attached hydrogen (secondary N) is 1. The highest BCUT2D eigenvalue weighted by Crippen LogP contribution is 2.40. The van der Waals surface area contributed by atoms with Crippen molar-refractivity contribution in [3.8, 4) is 0 Å². The van der Waals surface area contributed by atoms with Crippen LogP contribution in [0.3, 0.4) is 0 Å². The number of amides is 1. The first-order valence-electron chi connectivity index (χ1n) is 8.85. The van der Waals surface area contributed by atoms with Gasteiger partial charge in [-0.25, -0.2) is 13.6 Å². The lowest BCUT2D eigenvalue weighted by Gasteiger charge is -2.19. The van der Waals surface area contributed by atoms with Crippen LogP contribution < -0.4 is 10.7 Å². The molecule has 0 bridgehead atoms. The number of carbonyl (C=O) groups excluding carboxylic acids is 2. The molecule has 6 nitrogen and oxygen atoms in total. The van der Waals surface area contributed by atoms with E-state index in [4.69, 9.17) is 4.74 Å². The molecule has 1 heterocycles. The Morgan fingerprint density at radius 3 is 2.44 bits per heavy atom. The summed E-state index contributed by atoms with van der Waals surface area (Å²) >= 11 is 0. The molecule has 0 spiro atoms. The van der Waals surface area contributed by atoms with Gasteiger partial charge in [-0.3, -0.25) is 9.59 Å². The average Bonchev–Trinajstić information content (AvgIpc) is 3.44. The molecule has 2 aromatic rings. The lowest BCUT2D eigenvalue weighted by molar-refractivity contribution is -0.114. The lowest BCUT2D eigenvalue weighted by atomic mass is 10.0. The molecule has 1 aromatic heterocycles. The van der Waals surface area contributed by atoms with Gasteiger partial charge in [0.2, 0.25) is 11.3 Å². The number of carbonyl (C=O) groups is 2. The number of esters is 1. The molecule has 0 saturated heterocycles. The summed E-state index contributed by atoms with van der Waals surface area (Å²) in [4.78, 5) is 36.8. The highest BCUT2D eigenvalue weighted by molar-refractivity contribution is 6.04. The molecule has 1 amide bonds. The van der Waals surface area contributed by atoms with Gasteiger partial charge in [-0.15, -0.1) is 0 Å². The number of anilines is 1. The maximum Gasteiger partial charge on any atom is 0.343 e. The first kappa shape index (κ1) is 19.0. The molecule has 1 fully saturated rings. The summed E-state index contributed by atoms with van der Waals surface area (Å²) in [5.41, 5.74) is -1.36. The third-order valence-corrected chi connectivity index (χ3v) is 4.54. The van der Waals surface area contributed by atoms with Crippen molar-refractivity contribution in [3.63, 3.8) is 0 Å². The highest BCUT2D eigenvalue weighted by Gasteiger charge is 2.32. The van der Waals surface area contributed by atoms with E-state index in [-0.39, 0.29) is 41.1 Å². The molecule has 3 rings (SSSR count). The number of halogens is 2. The van der Waals surface area contributed by atoms with E-state index in [9.17, 15) is 23.2 Å². The van der Waals surface area contributed by atoms with Gasteiger partial charge in [0.15, 0.2) is 11.6 Å². The number of ether oxygens (including phenoxy) is 1. The smallest absolute Gasteiger partial charge is 0.343 e. The molecule has 1 saturated carbocycles. The van der Waals surface area contributed by atoms with Gasteiger partial charge < -0.3 is 14.6 Å². The molecule has 1 N–H and O–H groups in total. The Hall–Kier alpha value is -2.77. The van der Waals surface area contributed by atoms with E-state index in [1.165, 1.54) is 6.20 Å². The molecular weight excluding hydrogens is 358 g/mol. The summed E-state index contributed by atoms with van der Waals surface area (Å²) in [5.74, 6) is -3.91. The molecule has 1 aliphatic rings. The Bertz CT molecular complexity index is 1010. The van der Waals surface area contributed by atoms with Gasteiger partial charge in [0, 0.05) is 24.7 Å². The second-order valence-corrected chi connectivity index (χ2v) is 6.47. The zero-order chi connectivity index (χ0) is 19.9. The zero-order valence-corrected chi connectivity index (χ0v) is 15.3. The molecule has 1 aromatic carbocycles. The van der Waals surface area contributed by atoms with E-state index in [1.54, 1.807) is 18.4 Å². The van der Waals surface area contributed by atoms with Gasteiger partial charge >= 0.3 is 5.97 Å². The second-order valence-electron chi connectivity index (χ2n) is 6.47. The van der Waals surface area contributed by atoms with Gasteiger partial charge in [0.25, 0.3) is 0 Å². The highest BCUT2D eigenvalue weighted by atomic mass is 19.2. The first-order chi connectivity index (χ1) is 12.8. The van der Waals surface area contributed by atoms with Crippen molar-refractivity contribution in [3.05, 3.63) is 39.2 Å². The fourth-order valence-electron chi connectivity index (χ4n) is 3.24. The number of nitrogens with zero attached hydrogens (tertiary/aromatic N) is 1. The summed E-state index contributed by atoms with van der Waals surface area (Å²) in [6.07, 6.45) is 3.08. The molecule has 27 heavy (non-hydrogen) atoms. The van der Waals surface area contributed by atoms with E-state index in [1.807, 2.05) is 0 Å². The second kappa shape index (κ2) is 7.09. The number of fused-ring (bicyclic) bond motifs is 1. The van der Waals surface area contributed by atoms with Crippen LogP contribution >= 0.6 is 0 Å². The Morgan fingerprint density at radius 2 is 1.93 bits per heavy atom. The molecule has 8 heteroatoms. The van der Waals surface area contributed by atoms with Crippen LogP contribution in [0.25, 0.3) is 10.9 Å². The first-order valence-corrected chi connectivity index (χ1v) is 8.85. The summed E-state index contributed by atoms with van der Waals surface area (Å²) in [5, 5.41) is 2.00. The van der Waals surface area contributed by atoms with E-state index in [0.29, 0.717) is 0 Å². The van der Waals surface area contributed by atoms with Crippen LogP contribution in [0.4, 0.5) is 14.5 Å². The molecule has 0 unspecified atom stereocenters. The molecule has 0 atom stereocenters. The lowest BCUT2D eigenvalue weighted by Crippen LogP contribution is -2.24. The van der Waals surface area contributed by atoms with Gasteiger partial charge in [0.1, 0.15) is 5.56 Å². The Morgan fingerprint density at radius 1 is 1.26 bits per heavy atom. The van der Waals surface area contributed by atoms with Crippen molar-refractivity contribution in [2.45, 2.75) is 46.1 Å². The van der Waals surface area contributed by atoms with Crippen LogP contribution in [0.2, 0.25) is 0 Å². The third kappa shape index (κ3) is 3.20. The zero-order valence-electron chi connectivity index (χ0n) is 15.3. The van der Waals surface area contributed by atoms with Crippen molar-refractivity contribution in [2.75, 3.05) is 11.9 Å². The minimum Gasteiger partial charge on any atom is -0.462 e. The number of aryl methyl sites for hydroxylation is 1. The van der Waals surface area contributed by atoms with Crippen molar-refractivity contribution in [2.24, 2.45) is 0 Å². The van der Waals surface area contributed by atoms with E-state index in [0.717, 1.165) is 19.8 Å². The van der Waals surface area contributed by atoms with E-state index < -0.39 is 34.6 Å². The Balaban J connectivity index is 2.50. The molecule has 0 radical (unpaired) electrons. The average molecular weight is 378 g/mol. The third-order valence-electron chi connectivity index (χ3n) is 4.54. The van der Waals surface area contributed by atoms with Gasteiger partial charge in [0.05, 0.1) is 23.2 Å². The molecule has 0 aliphatic heterocycles. The van der Waals surface area contributed by atoms with E-state index in [2.05, 4.69) is 5.32 Å². The quantitative estimate of drug-likeness (QED) is 0.810. The largest absolute Gasteiger partial charge is 0.462 e. The van der Waals surface area contributed by atoms with Crippen LogP contribution in [0, 0.1) is 11.6 Å². The number of rotatable bonds is 5. The van der Waals surface area contributed by atoms with Gasteiger partial charge in [-0.1, -0.05) is 6.92 Å². The number of hydrogen-bond donors (Lipinski definition) is 1. The SMILES string of the molecule is CCOC(=O)c1cn(C2CC2)c2c(CC)c(F)c(F)c(NC(C)=O)c2c1=O. The van der Waals surface area contributed by atoms with Crippen LogP contribution in [0.15, 0.2) is 11.0 Å². The number of aromatic nitrogens is 1. The van der Waals surface area contributed by atoms with Crippen LogP contribution in [-0.4, -0.2) is 23.1 Å².